The van der Waals surface area contributed by atoms with Gasteiger partial charge in [0, 0.05) is 23.8 Å². The Morgan fingerprint density at radius 1 is 0.955 bits per heavy atom. The highest BCUT2D eigenvalue weighted by atomic mass is 16.6. The molecule has 1 fully saturated rings. The minimum Gasteiger partial charge on any atom is -0.508 e. The molecule has 0 saturated carbocycles. The molecule has 4 aromatic rings. The van der Waals surface area contributed by atoms with E-state index in [2.05, 4.69) is 0 Å². The zero-order valence-corrected chi connectivity index (χ0v) is 23.0. The molecule has 2 heterocycles. The van der Waals surface area contributed by atoms with Crippen LogP contribution in [0.1, 0.15) is 17.2 Å². The van der Waals surface area contributed by atoms with Crippen LogP contribution in [0.25, 0.3) is 28.4 Å². The monoisotopic (exact) mass is 608 g/mol. The fourth-order valence-electron chi connectivity index (χ4n) is 4.94. The van der Waals surface area contributed by atoms with Crippen LogP contribution in [-0.2, 0) is 14.3 Å². The van der Waals surface area contributed by atoms with E-state index in [0.717, 1.165) is 18.2 Å². The summed E-state index contributed by atoms with van der Waals surface area (Å²) in [6, 6.07) is 12.2. The zero-order chi connectivity index (χ0) is 31.7. The van der Waals surface area contributed by atoms with Crippen LogP contribution in [-0.4, -0.2) is 79.8 Å². The van der Waals surface area contributed by atoms with Crippen molar-refractivity contribution in [2.75, 3.05) is 13.7 Å². The molecule has 13 nitrogen and oxygen atoms in total. The van der Waals surface area contributed by atoms with Crippen LogP contribution >= 0.6 is 0 Å². The van der Waals surface area contributed by atoms with E-state index in [1.807, 2.05) is 0 Å². The molecular weight excluding hydrogens is 580 g/mol. The fraction of sp³-hybridized carbons (Fsp3) is 0.226. The minimum absolute atomic E-state index is 0.0101. The summed E-state index contributed by atoms with van der Waals surface area (Å²) in [5.41, 5.74) is -0.526. The molecule has 5 unspecified atom stereocenters. The van der Waals surface area contributed by atoms with Crippen molar-refractivity contribution in [2.24, 2.45) is 0 Å². The van der Waals surface area contributed by atoms with Gasteiger partial charge in [-0.3, -0.25) is 4.79 Å². The summed E-state index contributed by atoms with van der Waals surface area (Å²) in [6.45, 7) is -0.786. The molecule has 5 atom stereocenters. The van der Waals surface area contributed by atoms with Crippen LogP contribution in [0.5, 0.6) is 28.7 Å². The number of fused-ring (bicyclic) bond motifs is 1. The number of benzene rings is 3. The third-order valence-electron chi connectivity index (χ3n) is 7.18. The van der Waals surface area contributed by atoms with Crippen LogP contribution in [0.4, 0.5) is 0 Å². The third kappa shape index (κ3) is 5.76. The number of carbonyl (C=O) groups excluding carboxylic acids is 1. The normalized spacial score (nSPS) is 21.9. The SMILES string of the molecule is COc1cc(C=CC(=O)OC2C(c3c(O)cc4oc(-c5ccc(O)cc5)cc(=O)c4c3O)OC(CO)C(O)C2O)ccc1O. The van der Waals surface area contributed by atoms with Gasteiger partial charge in [0.1, 0.15) is 58.4 Å². The van der Waals surface area contributed by atoms with Gasteiger partial charge in [-0.05, 0) is 48.0 Å². The predicted molar refractivity (Wildman–Crippen MR) is 153 cm³/mol. The van der Waals surface area contributed by atoms with Crippen LogP contribution < -0.4 is 10.2 Å². The lowest BCUT2D eigenvalue weighted by atomic mass is 9.89. The maximum Gasteiger partial charge on any atom is 0.331 e. The first-order valence-corrected chi connectivity index (χ1v) is 13.2. The van der Waals surface area contributed by atoms with E-state index in [0.29, 0.717) is 11.1 Å². The Labute approximate surface area is 248 Å². The molecule has 3 aromatic carbocycles. The summed E-state index contributed by atoms with van der Waals surface area (Å²) in [6.07, 6.45) is -6.12. The molecule has 0 aliphatic carbocycles. The highest BCUT2D eigenvalue weighted by molar-refractivity contribution is 5.89. The predicted octanol–water partition coefficient (Wildman–Crippen LogP) is 2.07. The first kappa shape index (κ1) is 30.4. The van der Waals surface area contributed by atoms with Gasteiger partial charge in [0.05, 0.1) is 19.3 Å². The van der Waals surface area contributed by atoms with Crippen molar-refractivity contribution >= 4 is 23.0 Å². The number of phenols is 4. The summed E-state index contributed by atoms with van der Waals surface area (Å²) in [5.74, 6) is -2.40. The van der Waals surface area contributed by atoms with Gasteiger partial charge >= 0.3 is 5.97 Å². The molecule has 1 aromatic heterocycles. The van der Waals surface area contributed by atoms with Crippen LogP contribution in [0.3, 0.4) is 0 Å². The maximum atomic E-state index is 13.1. The van der Waals surface area contributed by atoms with Crippen molar-refractivity contribution in [2.45, 2.75) is 30.5 Å². The van der Waals surface area contributed by atoms with Gasteiger partial charge in [-0.15, -0.1) is 0 Å². The van der Waals surface area contributed by atoms with E-state index < -0.39 is 65.6 Å². The number of methoxy groups -OCH3 is 1. The zero-order valence-electron chi connectivity index (χ0n) is 23.0. The Morgan fingerprint density at radius 2 is 1.68 bits per heavy atom. The Morgan fingerprint density at radius 3 is 2.36 bits per heavy atom. The molecule has 1 saturated heterocycles. The Bertz CT molecular complexity index is 1780. The minimum atomic E-state index is -1.86. The molecule has 0 spiro atoms. The molecule has 7 N–H and O–H groups in total. The number of carbonyl (C=O) groups is 1. The number of aromatic hydroxyl groups is 4. The molecule has 0 radical (unpaired) electrons. The van der Waals surface area contributed by atoms with Crippen molar-refractivity contribution in [1.29, 1.82) is 0 Å². The van der Waals surface area contributed by atoms with Crippen LogP contribution in [0.2, 0.25) is 0 Å². The van der Waals surface area contributed by atoms with Crippen LogP contribution in [0.15, 0.2) is 69.9 Å². The molecule has 0 amide bonds. The number of hydrogen-bond donors (Lipinski definition) is 7. The van der Waals surface area contributed by atoms with Crippen molar-refractivity contribution in [1.82, 2.24) is 0 Å². The van der Waals surface area contributed by atoms with E-state index in [-0.39, 0.29) is 34.0 Å². The number of aliphatic hydroxyl groups is 3. The lowest BCUT2D eigenvalue weighted by molar-refractivity contribution is -0.240. The standard InChI is InChI=1S/C31H28O13/c1-41-21-10-14(2-8-17(21)34)3-9-24(37)44-31-29(40)27(38)23(13-32)43-30(31)26-19(36)12-22-25(28(26)39)18(35)11-20(42-22)15-4-6-16(33)7-5-15/h2-12,23,27,29-34,36,38-40H,13H2,1H3. The average Bonchev–Trinajstić information content (AvgIpc) is 2.99. The Hall–Kier alpha value is -5.08. The lowest BCUT2D eigenvalue weighted by Crippen LogP contribution is -2.56. The Kier molecular flexibility index (Phi) is 8.47. The van der Waals surface area contributed by atoms with E-state index in [9.17, 15) is 45.3 Å². The molecule has 13 heteroatoms. The second-order valence-corrected chi connectivity index (χ2v) is 9.98. The van der Waals surface area contributed by atoms with E-state index in [1.54, 1.807) is 0 Å². The van der Waals surface area contributed by atoms with Gasteiger partial charge in [-0.1, -0.05) is 6.07 Å². The molecule has 5 rings (SSSR count). The second-order valence-electron chi connectivity index (χ2n) is 9.98. The second kappa shape index (κ2) is 12.3. The molecule has 44 heavy (non-hydrogen) atoms. The van der Waals surface area contributed by atoms with Crippen molar-refractivity contribution in [3.05, 3.63) is 82.0 Å². The van der Waals surface area contributed by atoms with E-state index >= 15 is 0 Å². The highest BCUT2D eigenvalue weighted by Crippen LogP contribution is 2.45. The fourth-order valence-corrected chi connectivity index (χ4v) is 4.94. The summed E-state index contributed by atoms with van der Waals surface area (Å²) >= 11 is 0. The summed E-state index contributed by atoms with van der Waals surface area (Å²) < 4.78 is 21.9. The molecule has 0 bridgehead atoms. The van der Waals surface area contributed by atoms with E-state index in [1.165, 1.54) is 55.7 Å². The quantitative estimate of drug-likeness (QED) is 0.118. The van der Waals surface area contributed by atoms with Gasteiger partial charge in [-0.25, -0.2) is 4.79 Å². The number of hydrogen-bond acceptors (Lipinski definition) is 13. The molecule has 1 aliphatic rings. The summed E-state index contributed by atoms with van der Waals surface area (Å²) in [5, 5.41) is 72.3. The van der Waals surface area contributed by atoms with Crippen molar-refractivity contribution < 1.29 is 59.2 Å². The van der Waals surface area contributed by atoms with Gasteiger partial charge in [-0.2, -0.15) is 0 Å². The molecule has 1 aliphatic heterocycles. The average molecular weight is 609 g/mol. The van der Waals surface area contributed by atoms with Crippen molar-refractivity contribution in [3.8, 4) is 40.1 Å². The lowest BCUT2D eigenvalue weighted by Gasteiger charge is -2.42. The molecule has 230 valence electrons. The number of esters is 1. The van der Waals surface area contributed by atoms with Gasteiger partial charge in [0.2, 0.25) is 0 Å². The Balaban J connectivity index is 1.52. The number of ether oxygens (including phenoxy) is 3. The van der Waals surface area contributed by atoms with Crippen LogP contribution in [0, 0.1) is 0 Å². The molecular formula is C31H28O13. The van der Waals surface area contributed by atoms with Gasteiger partial charge in [0.25, 0.3) is 0 Å². The third-order valence-corrected chi connectivity index (χ3v) is 7.18. The number of rotatable bonds is 7. The number of aliphatic hydroxyl groups excluding tert-OH is 3. The largest absolute Gasteiger partial charge is 0.508 e. The smallest absolute Gasteiger partial charge is 0.331 e. The number of phenolic OH excluding ortho intramolecular Hbond substituents is 4. The van der Waals surface area contributed by atoms with Crippen molar-refractivity contribution in [3.63, 3.8) is 0 Å². The van der Waals surface area contributed by atoms with Gasteiger partial charge < -0.3 is 54.4 Å². The first-order chi connectivity index (χ1) is 21.0. The summed E-state index contributed by atoms with van der Waals surface area (Å²) in [4.78, 5) is 26.0. The topological polar surface area (TPSA) is 217 Å². The first-order valence-electron chi connectivity index (χ1n) is 13.2. The summed E-state index contributed by atoms with van der Waals surface area (Å²) in [7, 11) is 1.35. The maximum absolute atomic E-state index is 13.1. The van der Waals surface area contributed by atoms with Gasteiger partial charge in [0.15, 0.2) is 23.0 Å². The van der Waals surface area contributed by atoms with E-state index in [4.69, 9.17) is 18.6 Å². The highest BCUT2D eigenvalue weighted by Gasteiger charge is 2.49.